The van der Waals surface area contributed by atoms with Crippen LogP contribution in [0.4, 0.5) is 0 Å². The normalized spacial score (nSPS) is 15.6. The maximum atomic E-state index is 12.3. The number of nitrogens with one attached hydrogen (secondary N) is 1. The summed E-state index contributed by atoms with van der Waals surface area (Å²) >= 11 is 0. The molecule has 390 valence electrons. The van der Waals surface area contributed by atoms with Crippen molar-refractivity contribution in [1.29, 1.82) is 0 Å². The molecule has 0 bridgehead atoms. The molecule has 0 spiro atoms. The van der Waals surface area contributed by atoms with Crippen LogP contribution in [0.15, 0.2) is 35.4 Å². The number of quaternary nitrogens is 1. The third-order valence-corrected chi connectivity index (χ3v) is 13.7. The highest BCUT2D eigenvalue weighted by Gasteiger charge is 2.35. The smallest absolute Gasteiger partial charge is 0.261 e. The highest BCUT2D eigenvalue weighted by atomic mass is 32.2. The van der Waals surface area contributed by atoms with Crippen LogP contribution < -0.4 is 5.32 Å². The fraction of sp³-hybridized carbons (Fsp3) is 0.759. The number of fused-ring (bicyclic) bond motifs is 1. The first-order valence-corrected chi connectivity index (χ1v) is 29.5. The Balaban J connectivity index is 0.000000668. The Morgan fingerprint density at radius 3 is 1.21 bits per heavy atom. The van der Waals surface area contributed by atoms with Gasteiger partial charge in [-0.3, -0.25) is 24.5 Å². The molecule has 1 aliphatic carbocycles. The van der Waals surface area contributed by atoms with Crippen molar-refractivity contribution in [2.75, 3.05) is 33.4 Å². The van der Waals surface area contributed by atoms with E-state index in [9.17, 15) is 19.2 Å². The molecule has 1 aromatic carbocycles. The molecule has 1 aliphatic heterocycles. The first-order chi connectivity index (χ1) is 32.6. The number of allylic oxidation sites excluding steroid dienone is 3. The van der Waals surface area contributed by atoms with Gasteiger partial charge in [0.05, 0.1) is 49.3 Å². The van der Waals surface area contributed by atoms with Crippen molar-refractivity contribution in [3.8, 4) is 0 Å². The van der Waals surface area contributed by atoms with Gasteiger partial charge in [-0.15, -0.1) is 0 Å². The molecule has 68 heavy (non-hydrogen) atoms. The van der Waals surface area contributed by atoms with E-state index < -0.39 is 27.7 Å². The molecule has 1 aromatic rings. The van der Waals surface area contributed by atoms with E-state index in [0.717, 1.165) is 16.7 Å². The van der Waals surface area contributed by atoms with Gasteiger partial charge in [-0.25, -0.2) is 8.42 Å². The van der Waals surface area contributed by atoms with Gasteiger partial charge >= 0.3 is 0 Å². The number of carbonyl (C=O) groups excluding carboxylic acids is 4. The number of hydrogen-bond donors (Lipinski definition) is 1. The number of benzene rings is 1. The summed E-state index contributed by atoms with van der Waals surface area (Å²) in [6, 6.07) is 7.42. The van der Waals surface area contributed by atoms with Gasteiger partial charge in [0.25, 0.3) is 5.91 Å². The molecule has 0 saturated carbocycles. The first kappa shape index (κ1) is 63.1. The van der Waals surface area contributed by atoms with Gasteiger partial charge in [-0.05, 0) is 66.9 Å². The summed E-state index contributed by atoms with van der Waals surface area (Å²) in [6.07, 6.45) is 48.0. The van der Waals surface area contributed by atoms with E-state index in [2.05, 4.69) is 33.3 Å². The van der Waals surface area contributed by atoms with Crippen LogP contribution in [0.1, 0.15) is 264 Å². The van der Waals surface area contributed by atoms with E-state index >= 15 is 0 Å². The van der Waals surface area contributed by atoms with E-state index in [-0.39, 0.29) is 17.8 Å². The Bertz CT molecular complexity index is 1680. The summed E-state index contributed by atoms with van der Waals surface area (Å²) in [6.45, 7) is 11.0. The summed E-state index contributed by atoms with van der Waals surface area (Å²) in [5.41, 5.74) is 3.78. The van der Waals surface area contributed by atoms with Crippen molar-refractivity contribution in [3.05, 3.63) is 46.5 Å². The second-order valence-corrected chi connectivity index (χ2v) is 22.0. The van der Waals surface area contributed by atoms with Gasteiger partial charge in [0, 0.05) is 12.7 Å². The molecule has 2 amide bonds. The molecule has 9 nitrogen and oxygen atoms in total. The fourth-order valence-corrected chi connectivity index (χ4v) is 9.55. The van der Waals surface area contributed by atoms with Crippen LogP contribution in [0.2, 0.25) is 0 Å². The van der Waals surface area contributed by atoms with Crippen LogP contribution in [-0.2, 0) is 29.3 Å². The lowest BCUT2D eigenvalue weighted by Gasteiger charge is -2.30. The zero-order valence-corrected chi connectivity index (χ0v) is 45.5. The van der Waals surface area contributed by atoms with Crippen molar-refractivity contribution < 1.29 is 36.6 Å². The lowest BCUT2D eigenvalue weighted by molar-refractivity contribution is -0.890. The number of piperidine rings is 1. The topological polar surface area (TPSA) is 138 Å². The monoisotopic (exact) mass is 969 g/mol. The number of unbranched alkanes of at least 4 members (excludes halogenated alkanes) is 30. The molecule has 3 rings (SSSR count). The second kappa shape index (κ2) is 38.8. The van der Waals surface area contributed by atoms with Crippen LogP contribution in [-0.4, -0.2) is 74.3 Å². The van der Waals surface area contributed by atoms with Gasteiger partial charge < -0.3 is 9.04 Å². The van der Waals surface area contributed by atoms with Crippen molar-refractivity contribution in [2.24, 2.45) is 0 Å². The molecular weight excluding hydrogens is 869 g/mol. The highest BCUT2D eigenvalue weighted by Crippen LogP contribution is 2.44. The Morgan fingerprint density at radius 2 is 0.882 bits per heavy atom. The molecule has 2 aliphatic rings. The number of amides is 2. The summed E-state index contributed by atoms with van der Waals surface area (Å²) in [5, 5.41) is 2.21. The first-order valence-electron chi connectivity index (χ1n) is 27.7. The summed E-state index contributed by atoms with van der Waals surface area (Å²) in [5.74, 6) is -1.65. The predicted octanol–water partition coefficient (Wildman–Crippen LogP) is 15.0. The average molecular weight is 970 g/mol. The Hall–Kier alpha value is -2.95. The van der Waals surface area contributed by atoms with Crippen molar-refractivity contribution in [1.82, 2.24) is 5.32 Å². The maximum absolute atomic E-state index is 12.3. The van der Waals surface area contributed by atoms with Crippen LogP contribution in [0.3, 0.4) is 0 Å². The molecule has 1 N–H and O–H groups in total. The van der Waals surface area contributed by atoms with E-state index in [0.29, 0.717) is 30.2 Å². The van der Waals surface area contributed by atoms with Crippen molar-refractivity contribution in [2.45, 2.75) is 252 Å². The summed E-state index contributed by atoms with van der Waals surface area (Å²) in [7, 11) is 1.02. The quantitative estimate of drug-likeness (QED) is 0.0134. The minimum absolute atomic E-state index is 0.0359. The predicted molar refractivity (Wildman–Crippen MR) is 285 cm³/mol. The number of carbonyl (C=O) groups is 4. The minimum atomic E-state index is -3.92. The minimum Gasteiger partial charge on any atom is -0.748 e. The lowest BCUT2D eigenvalue weighted by atomic mass is 9.94. The number of rotatable bonds is 36. The van der Waals surface area contributed by atoms with Crippen LogP contribution >= 0.6 is 0 Å². The molecular formula is C58H100N2O7S. The van der Waals surface area contributed by atoms with Gasteiger partial charge in [0.15, 0.2) is 11.6 Å². The summed E-state index contributed by atoms with van der Waals surface area (Å²) in [4.78, 5) is 47.9. The number of hydrogen-bond acceptors (Lipinski definition) is 7. The third kappa shape index (κ3) is 31.3. The van der Waals surface area contributed by atoms with E-state index in [1.807, 2.05) is 24.3 Å². The molecule has 0 unspecified atom stereocenters. The number of imide groups is 1. The Morgan fingerprint density at radius 1 is 0.559 bits per heavy atom. The number of ketones is 2. The second-order valence-electron chi connectivity index (χ2n) is 20.6. The Kier molecular flexibility index (Phi) is 35.9. The van der Waals surface area contributed by atoms with E-state index in [1.165, 1.54) is 223 Å². The Labute approximate surface area is 417 Å². The lowest BCUT2D eigenvalue weighted by Crippen LogP contribution is -2.41. The zero-order chi connectivity index (χ0) is 50.5. The van der Waals surface area contributed by atoms with Crippen molar-refractivity contribution in [3.63, 3.8) is 0 Å². The molecule has 1 heterocycles. The van der Waals surface area contributed by atoms with Crippen molar-refractivity contribution >= 4 is 44.6 Å². The third-order valence-electron chi connectivity index (χ3n) is 13.7. The zero-order valence-electron chi connectivity index (χ0n) is 44.7. The molecule has 0 aromatic heterocycles. The molecule has 1 saturated heterocycles. The van der Waals surface area contributed by atoms with E-state index in [1.54, 1.807) is 13.8 Å². The van der Waals surface area contributed by atoms with Gasteiger partial charge in [0.2, 0.25) is 5.91 Å². The summed E-state index contributed by atoms with van der Waals surface area (Å²) < 4.78 is 28.5. The van der Waals surface area contributed by atoms with Crippen LogP contribution in [0, 0.1) is 0 Å². The molecule has 0 radical (unpaired) electrons. The standard InChI is InChI=1S/C38H80N.C19H17NO4.CH4O3S/c1-5-7-9-11-13-15-17-19-21-23-25-27-29-31-33-35-37-39(3,4)38-36-34-32-30-28-26-24-22-20-18-16-14-12-10-8-6-2;1-3-15(21)10(2)13-8-14(12-7-5-4-6-11(12)13)18-16(22)9-17(23)20-19(18)24;1-5(2,3)4/h5-38H2,1-4H3;4-7H,3,8-9H2,1-2H3,(H,20,23,24);1H3,(H,2,3,4)/q+1;;/p-1/b;13-10-,18-14-;. The SMILES string of the molecule is CCC(=O)/C(C)=C1/C/C(=C2\C(=O)CC(=O)NC2=O)c2ccccc21.CCCCCCCCCCCCCCCCCC[N+](C)(C)CCCCCCCCCCCCCCCCCC.CS(=O)(=O)[O-]. The molecule has 1 fully saturated rings. The largest absolute Gasteiger partial charge is 0.748 e. The van der Waals surface area contributed by atoms with E-state index in [4.69, 9.17) is 13.0 Å². The van der Waals surface area contributed by atoms with Crippen LogP contribution in [0.25, 0.3) is 11.1 Å². The highest BCUT2D eigenvalue weighted by molar-refractivity contribution is 7.84. The number of nitrogens with zero attached hydrogens (tertiary/aromatic N) is 1. The fourth-order valence-electron chi connectivity index (χ4n) is 9.55. The van der Waals surface area contributed by atoms with Gasteiger partial charge in [-0.1, -0.05) is 225 Å². The maximum Gasteiger partial charge on any atom is 0.261 e. The van der Waals surface area contributed by atoms with Gasteiger partial charge in [-0.2, -0.15) is 0 Å². The van der Waals surface area contributed by atoms with Gasteiger partial charge in [0.1, 0.15) is 0 Å². The average Bonchev–Trinajstić information content (AvgIpc) is 3.66. The van der Waals surface area contributed by atoms with Crippen LogP contribution in [0.5, 0.6) is 0 Å². The number of Topliss-reactive ketones (excluding diaryl/α,β-unsaturated/α-hetero) is 2. The molecule has 10 heteroatoms. The molecule has 0 atom stereocenters.